The van der Waals surface area contributed by atoms with Crippen LogP contribution in [0.2, 0.25) is 0 Å². The Balaban J connectivity index is 1.79. The molecule has 0 atom stereocenters. The van der Waals surface area contributed by atoms with E-state index in [4.69, 9.17) is 10.5 Å². The number of benzene rings is 2. The fraction of sp³-hybridized carbons (Fsp3) is 0. The molecular formula is C16H11F2N3O2. The van der Waals surface area contributed by atoms with Crippen LogP contribution >= 0.6 is 0 Å². The Morgan fingerprint density at radius 1 is 1.00 bits per heavy atom. The lowest BCUT2D eigenvalue weighted by Gasteiger charge is -2.06. The summed E-state index contributed by atoms with van der Waals surface area (Å²) in [6.45, 7) is 0. The van der Waals surface area contributed by atoms with Gasteiger partial charge in [-0.1, -0.05) is 0 Å². The summed E-state index contributed by atoms with van der Waals surface area (Å²) >= 11 is 0. The minimum Gasteiger partial charge on any atom is -0.457 e. The van der Waals surface area contributed by atoms with Crippen LogP contribution in [0.5, 0.6) is 11.5 Å². The number of halogens is 2. The summed E-state index contributed by atoms with van der Waals surface area (Å²) in [6.07, 6.45) is 1.46. The molecule has 3 rings (SSSR count). The molecule has 0 fully saturated rings. The zero-order valence-electron chi connectivity index (χ0n) is 11.7. The third-order valence-corrected chi connectivity index (χ3v) is 3.04. The molecule has 2 N–H and O–H groups in total. The smallest absolute Gasteiger partial charge is 0.339 e. The molecule has 2 aromatic carbocycles. The van der Waals surface area contributed by atoms with E-state index in [9.17, 15) is 13.6 Å². The van der Waals surface area contributed by atoms with E-state index < -0.39 is 17.7 Å². The van der Waals surface area contributed by atoms with Crippen molar-refractivity contribution in [2.24, 2.45) is 5.73 Å². The number of rotatable bonds is 3. The molecule has 23 heavy (non-hydrogen) atoms. The quantitative estimate of drug-likeness (QED) is 0.803. The van der Waals surface area contributed by atoms with Crippen LogP contribution in [0.15, 0.2) is 54.7 Å². The van der Waals surface area contributed by atoms with Gasteiger partial charge in [0.15, 0.2) is 0 Å². The maximum atomic E-state index is 13.1. The maximum absolute atomic E-state index is 13.1. The fourth-order valence-corrected chi connectivity index (χ4v) is 2.02. The summed E-state index contributed by atoms with van der Waals surface area (Å²) in [5.74, 6) is -0.955. The zero-order chi connectivity index (χ0) is 16.4. The first-order valence-electron chi connectivity index (χ1n) is 6.61. The van der Waals surface area contributed by atoms with E-state index in [1.54, 1.807) is 30.3 Å². The highest BCUT2D eigenvalue weighted by atomic mass is 19.1. The van der Waals surface area contributed by atoms with Crippen LogP contribution in [0.4, 0.5) is 13.6 Å². The monoisotopic (exact) mass is 315 g/mol. The van der Waals surface area contributed by atoms with E-state index in [2.05, 4.69) is 5.10 Å². The summed E-state index contributed by atoms with van der Waals surface area (Å²) in [5, 5.41) is 4.02. The van der Waals surface area contributed by atoms with Crippen molar-refractivity contribution in [2.75, 3.05) is 0 Å². The number of nitrogens with two attached hydrogens (primary N) is 1. The molecule has 116 valence electrons. The summed E-state index contributed by atoms with van der Waals surface area (Å²) in [4.78, 5) is 11.0. The van der Waals surface area contributed by atoms with Gasteiger partial charge in [0.05, 0.1) is 5.69 Å². The maximum Gasteiger partial charge on any atom is 0.339 e. The summed E-state index contributed by atoms with van der Waals surface area (Å²) in [5.41, 5.74) is 6.42. The number of hydrogen-bond acceptors (Lipinski definition) is 3. The van der Waals surface area contributed by atoms with E-state index in [0.29, 0.717) is 11.4 Å². The molecular weight excluding hydrogens is 304 g/mol. The van der Waals surface area contributed by atoms with Gasteiger partial charge in [-0.3, -0.25) is 0 Å². The number of carbonyl (C=O) groups excluding carboxylic acids is 1. The molecule has 0 saturated heterocycles. The van der Waals surface area contributed by atoms with Crippen molar-refractivity contribution < 1.29 is 18.3 Å². The van der Waals surface area contributed by atoms with Crippen LogP contribution in [-0.2, 0) is 0 Å². The van der Waals surface area contributed by atoms with Gasteiger partial charge in [0.2, 0.25) is 0 Å². The van der Waals surface area contributed by atoms with Gasteiger partial charge in [0.1, 0.15) is 23.1 Å². The number of amides is 1. The molecule has 3 aromatic rings. The van der Waals surface area contributed by atoms with Gasteiger partial charge in [0, 0.05) is 30.0 Å². The van der Waals surface area contributed by atoms with Gasteiger partial charge in [-0.25, -0.2) is 13.6 Å². The van der Waals surface area contributed by atoms with Gasteiger partial charge < -0.3 is 10.5 Å². The van der Waals surface area contributed by atoms with Crippen molar-refractivity contribution in [3.05, 3.63) is 66.4 Å². The lowest BCUT2D eigenvalue weighted by molar-refractivity contribution is 0.248. The van der Waals surface area contributed by atoms with E-state index in [1.807, 2.05) is 0 Å². The number of primary amides is 1. The van der Waals surface area contributed by atoms with Crippen LogP contribution in [0.25, 0.3) is 11.3 Å². The molecule has 0 bridgehead atoms. The topological polar surface area (TPSA) is 70.1 Å². The van der Waals surface area contributed by atoms with E-state index in [-0.39, 0.29) is 5.75 Å². The standard InChI is InChI=1S/C16H11F2N3O2/c17-11-7-12(18)9-14(8-11)23-13-3-1-10(2-4-13)15-5-6-21(20-15)16(19)22/h1-9H,(H2,19,22). The van der Waals surface area contributed by atoms with Crippen molar-refractivity contribution in [2.45, 2.75) is 0 Å². The van der Waals surface area contributed by atoms with Crippen LogP contribution in [0.1, 0.15) is 0 Å². The first-order chi connectivity index (χ1) is 11.0. The Hall–Kier alpha value is -3.22. The number of aromatic nitrogens is 2. The van der Waals surface area contributed by atoms with Gasteiger partial charge >= 0.3 is 6.03 Å². The predicted octanol–water partition coefficient (Wildman–Crippen LogP) is 3.55. The molecule has 0 saturated carbocycles. The van der Waals surface area contributed by atoms with Crippen molar-refractivity contribution in [3.63, 3.8) is 0 Å². The van der Waals surface area contributed by atoms with Gasteiger partial charge in [0.25, 0.3) is 0 Å². The average molecular weight is 315 g/mol. The van der Waals surface area contributed by atoms with Crippen LogP contribution in [-0.4, -0.2) is 15.8 Å². The highest BCUT2D eigenvalue weighted by Gasteiger charge is 2.07. The molecule has 1 heterocycles. The molecule has 0 aliphatic carbocycles. The Morgan fingerprint density at radius 3 is 2.22 bits per heavy atom. The second-order valence-corrected chi connectivity index (χ2v) is 4.72. The van der Waals surface area contributed by atoms with Gasteiger partial charge in [-0.05, 0) is 30.3 Å². The molecule has 0 aliphatic rings. The van der Waals surface area contributed by atoms with Crippen molar-refractivity contribution >= 4 is 6.03 Å². The van der Waals surface area contributed by atoms with Gasteiger partial charge in [-0.2, -0.15) is 9.78 Å². The lowest BCUT2D eigenvalue weighted by Crippen LogP contribution is -2.19. The minimum absolute atomic E-state index is 0.0632. The Labute approximate surface area is 129 Å². The zero-order valence-corrected chi connectivity index (χ0v) is 11.7. The second kappa shape index (κ2) is 5.88. The van der Waals surface area contributed by atoms with E-state index >= 15 is 0 Å². The van der Waals surface area contributed by atoms with E-state index in [0.717, 1.165) is 28.4 Å². The molecule has 1 aromatic heterocycles. The SMILES string of the molecule is NC(=O)n1ccc(-c2ccc(Oc3cc(F)cc(F)c3)cc2)n1. The first-order valence-corrected chi connectivity index (χ1v) is 6.61. The third kappa shape index (κ3) is 3.34. The molecule has 1 amide bonds. The van der Waals surface area contributed by atoms with Crippen molar-refractivity contribution in [1.29, 1.82) is 0 Å². The van der Waals surface area contributed by atoms with Gasteiger partial charge in [-0.15, -0.1) is 0 Å². The predicted molar refractivity (Wildman–Crippen MR) is 79.1 cm³/mol. The molecule has 0 radical (unpaired) electrons. The Kier molecular flexibility index (Phi) is 3.76. The summed E-state index contributed by atoms with van der Waals surface area (Å²) in [6, 6.07) is 10.6. The molecule has 7 heteroatoms. The van der Waals surface area contributed by atoms with Crippen LogP contribution < -0.4 is 10.5 Å². The largest absolute Gasteiger partial charge is 0.457 e. The number of carbonyl (C=O) groups is 1. The molecule has 5 nitrogen and oxygen atoms in total. The molecule has 0 spiro atoms. The van der Waals surface area contributed by atoms with Crippen LogP contribution in [0.3, 0.4) is 0 Å². The normalized spacial score (nSPS) is 10.5. The lowest BCUT2D eigenvalue weighted by atomic mass is 10.1. The summed E-state index contributed by atoms with van der Waals surface area (Å²) < 4.78 is 32.6. The first kappa shape index (κ1) is 14.7. The molecule has 0 aliphatic heterocycles. The number of hydrogen-bond donors (Lipinski definition) is 1. The average Bonchev–Trinajstić information content (AvgIpc) is 2.97. The minimum atomic E-state index is -0.714. The number of nitrogens with zero attached hydrogens (tertiary/aromatic N) is 2. The second-order valence-electron chi connectivity index (χ2n) is 4.72. The Morgan fingerprint density at radius 2 is 1.65 bits per heavy atom. The highest BCUT2D eigenvalue weighted by Crippen LogP contribution is 2.26. The van der Waals surface area contributed by atoms with Crippen molar-refractivity contribution in [3.8, 4) is 22.8 Å². The summed E-state index contributed by atoms with van der Waals surface area (Å²) in [7, 11) is 0. The van der Waals surface area contributed by atoms with Crippen LogP contribution in [0, 0.1) is 11.6 Å². The number of ether oxygens (including phenoxy) is 1. The Bertz CT molecular complexity index is 840. The third-order valence-electron chi connectivity index (χ3n) is 3.04. The highest BCUT2D eigenvalue weighted by molar-refractivity contribution is 5.74. The fourth-order valence-electron chi connectivity index (χ4n) is 2.02. The molecule has 0 unspecified atom stereocenters. The van der Waals surface area contributed by atoms with Crippen molar-refractivity contribution in [1.82, 2.24) is 9.78 Å². The van der Waals surface area contributed by atoms with E-state index in [1.165, 1.54) is 6.20 Å².